The standard InChI is InChI=1S/C23H19ClN2O2S/c24-19-8-6-17(7-9-19)22(27)25-23(29)26-13-12-18-14-20(10-11-21(18)26)28-15-16-4-2-1-3-5-16/h1-11,14H,12-13,15H2,(H,25,27,29). The fourth-order valence-electron chi connectivity index (χ4n) is 3.26. The molecule has 0 spiro atoms. The van der Waals surface area contributed by atoms with Crippen LogP contribution in [0.3, 0.4) is 0 Å². The number of hydrogen-bond acceptors (Lipinski definition) is 3. The molecular weight excluding hydrogens is 404 g/mol. The van der Waals surface area contributed by atoms with Gasteiger partial charge < -0.3 is 9.64 Å². The lowest BCUT2D eigenvalue weighted by atomic mass is 10.1. The molecule has 146 valence electrons. The van der Waals surface area contributed by atoms with Gasteiger partial charge in [-0.2, -0.15) is 0 Å². The van der Waals surface area contributed by atoms with E-state index in [9.17, 15) is 4.79 Å². The van der Waals surface area contributed by atoms with Crippen LogP contribution in [0.15, 0.2) is 72.8 Å². The van der Waals surface area contributed by atoms with Gasteiger partial charge in [-0.1, -0.05) is 41.9 Å². The maximum Gasteiger partial charge on any atom is 0.257 e. The van der Waals surface area contributed by atoms with Gasteiger partial charge in [0.15, 0.2) is 5.11 Å². The number of anilines is 1. The van der Waals surface area contributed by atoms with Gasteiger partial charge in [0.2, 0.25) is 0 Å². The predicted molar refractivity (Wildman–Crippen MR) is 120 cm³/mol. The molecule has 3 aromatic carbocycles. The van der Waals surface area contributed by atoms with Crippen LogP contribution < -0.4 is 15.0 Å². The van der Waals surface area contributed by atoms with Crippen LogP contribution in [0.5, 0.6) is 5.75 Å². The van der Waals surface area contributed by atoms with E-state index < -0.39 is 0 Å². The van der Waals surface area contributed by atoms with Crippen molar-refractivity contribution in [2.24, 2.45) is 0 Å². The van der Waals surface area contributed by atoms with Crippen molar-refractivity contribution >= 4 is 40.5 Å². The van der Waals surface area contributed by atoms with Crippen molar-refractivity contribution in [1.29, 1.82) is 0 Å². The fraction of sp³-hybridized carbons (Fsp3) is 0.130. The number of amides is 1. The second kappa shape index (κ2) is 8.64. The number of ether oxygens (including phenoxy) is 1. The molecule has 4 rings (SSSR count). The Balaban J connectivity index is 1.41. The van der Waals surface area contributed by atoms with Crippen LogP contribution in [0.1, 0.15) is 21.5 Å². The number of hydrogen-bond donors (Lipinski definition) is 1. The van der Waals surface area contributed by atoms with Gasteiger partial charge in [-0.05, 0) is 72.2 Å². The molecule has 3 aromatic rings. The molecule has 0 radical (unpaired) electrons. The Labute approximate surface area is 180 Å². The summed E-state index contributed by atoms with van der Waals surface area (Å²) in [5.41, 5.74) is 3.79. The van der Waals surface area contributed by atoms with Crippen LogP contribution in [0, 0.1) is 0 Å². The third-order valence-corrected chi connectivity index (χ3v) is 5.34. The quantitative estimate of drug-likeness (QED) is 0.601. The lowest BCUT2D eigenvalue weighted by molar-refractivity contribution is 0.0977. The zero-order valence-electron chi connectivity index (χ0n) is 15.6. The van der Waals surface area contributed by atoms with Crippen LogP contribution in [0.4, 0.5) is 5.69 Å². The number of nitrogens with zero attached hydrogens (tertiary/aromatic N) is 1. The van der Waals surface area contributed by atoms with E-state index in [0.717, 1.165) is 35.5 Å². The average Bonchev–Trinajstić information content (AvgIpc) is 3.17. The number of nitrogens with one attached hydrogen (secondary N) is 1. The Morgan fingerprint density at radius 3 is 2.59 bits per heavy atom. The van der Waals surface area contributed by atoms with E-state index in [1.807, 2.05) is 53.4 Å². The van der Waals surface area contributed by atoms with Crippen LogP contribution in [0.2, 0.25) is 5.02 Å². The summed E-state index contributed by atoms with van der Waals surface area (Å²) < 4.78 is 5.91. The van der Waals surface area contributed by atoms with E-state index in [1.54, 1.807) is 24.3 Å². The molecule has 29 heavy (non-hydrogen) atoms. The summed E-state index contributed by atoms with van der Waals surface area (Å²) in [5, 5.41) is 3.78. The summed E-state index contributed by atoms with van der Waals surface area (Å²) in [5.74, 6) is 0.577. The minimum Gasteiger partial charge on any atom is -0.489 e. The lowest BCUT2D eigenvalue weighted by Crippen LogP contribution is -2.41. The molecule has 1 amide bonds. The second-order valence-electron chi connectivity index (χ2n) is 6.73. The molecule has 0 unspecified atom stereocenters. The van der Waals surface area contributed by atoms with Gasteiger partial charge in [-0.15, -0.1) is 0 Å². The minimum atomic E-state index is -0.247. The lowest BCUT2D eigenvalue weighted by Gasteiger charge is -2.21. The van der Waals surface area contributed by atoms with Gasteiger partial charge in [0.05, 0.1) is 0 Å². The molecule has 1 aliphatic rings. The number of benzene rings is 3. The first kappa shape index (κ1) is 19.4. The molecule has 1 N–H and O–H groups in total. The van der Waals surface area contributed by atoms with Gasteiger partial charge in [0.25, 0.3) is 5.91 Å². The van der Waals surface area contributed by atoms with Crippen molar-refractivity contribution in [2.75, 3.05) is 11.4 Å². The van der Waals surface area contributed by atoms with Gasteiger partial charge in [0, 0.05) is 22.8 Å². The largest absolute Gasteiger partial charge is 0.489 e. The summed E-state index contributed by atoms with van der Waals surface area (Å²) in [6.07, 6.45) is 0.842. The molecule has 4 nitrogen and oxygen atoms in total. The van der Waals surface area contributed by atoms with Crippen molar-refractivity contribution in [3.05, 3.63) is 94.5 Å². The zero-order valence-corrected chi connectivity index (χ0v) is 17.2. The molecule has 6 heteroatoms. The van der Waals surface area contributed by atoms with E-state index in [1.165, 1.54) is 0 Å². The van der Waals surface area contributed by atoms with E-state index in [2.05, 4.69) is 5.32 Å². The number of rotatable bonds is 4. The first-order chi connectivity index (χ1) is 14.1. The molecular formula is C23H19ClN2O2S. The van der Waals surface area contributed by atoms with E-state index in [0.29, 0.717) is 22.3 Å². The highest BCUT2D eigenvalue weighted by molar-refractivity contribution is 7.80. The molecule has 0 fully saturated rings. The monoisotopic (exact) mass is 422 g/mol. The van der Waals surface area contributed by atoms with Crippen LogP contribution in [0.25, 0.3) is 0 Å². The predicted octanol–water partition coefficient (Wildman–Crippen LogP) is 5.00. The summed E-state index contributed by atoms with van der Waals surface area (Å²) in [7, 11) is 0. The SMILES string of the molecule is O=C(NC(=S)N1CCc2cc(OCc3ccccc3)ccc21)c1ccc(Cl)cc1. The molecule has 1 aliphatic heterocycles. The topological polar surface area (TPSA) is 41.6 Å². The Bertz CT molecular complexity index is 1040. The summed E-state index contributed by atoms with van der Waals surface area (Å²) in [6, 6.07) is 22.7. The summed E-state index contributed by atoms with van der Waals surface area (Å²) in [6.45, 7) is 1.25. The van der Waals surface area contributed by atoms with Crippen molar-refractivity contribution < 1.29 is 9.53 Å². The van der Waals surface area contributed by atoms with Crippen LogP contribution in [-0.2, 0) is 13.0 Å². The first-order valence-electron chi connectivity index (χ1n) is 9.28. The molecule has 0 saturated carbocycles. The van der Waals surface area contributed by atoms with Crippen molar-refractivity contribution in [3.8, 4) is 5.75 Å². The Kier molecular flexibility index (Phi) is 5.79. The van der Waals surface area contributed by atoms with Crippen molar-refractivity contribution in [1.82, 2.24) is 5.32 Å². The maximum absolute atomic E-state index is 12.4. The Morgan fingerprint density at radius 1 is 1.07 bits per heavy atom. The zero-order chi connectivity index (χ0) is 20.2. The molecule has 1 heterocycles. The molecule has 0 saturated heterocycles. The van der Waals surface area contributed by atoms with Crippen molar-refractivity contribution in [2.45, 2.75) is 13.0 Å². The van der Waals surface area contributed by atoms with Gasteiger partial charge in [0.1, 0.15) is 12.4 Å². The third-order valence-electron chi connectivity index (χ3n) is 4.77. The van der Waals surface area contributed by atoms with Gasteiger partial charge in [-0.25, -0.2) is 0 Å². The highest BCUT2D eigenvalue weighted by Crippen LogP contribution is 2.31. The molecule has 0 bridgehead atoms. The number of carbonyl (C=O) groups is 1. The number of carbonyl (C=O) groups excluding carboxylic acids is 1. The second-order valence-corrected chi connectivity index (χ2v) is 7.56. The third kappa shape index (κ3) is 4.58. The number of halogens is 1. The van der Waals surface area contributed by atoms with E-state index >= 15 is 0 Å². The van der Waals surface area contributed by atoms with Crippen molar-refractivity contribution in [3.63, 3.8) is 0 Å². The maximum atomic E-state index is 12.4. The number of fused-ring (bicyclic) bond motifs is 1. The Hall–Kier alpha value is -2.89. The highest BCUT2D eigenvalue weighted by atomic mass is 35.5. The van der Waals surface area contributed by atoms with Crippen LogP contribution >= 0.6 is 23.8 Å². The van der Waals surface area contributed by atoms with E-state index in [4.69, 9.17) is 28.6 Å². The fourth-order valence-corrected chi connectivity index (χ4v) is 3.67. The smallest absolute Gasteiger partial charge is 0.257 e. The van der Waals surface area contributed by atoms with Crippen LogP contribution in [-0.4, -0.2) is 17.6 Å². The Morgan fingerprint density at radius 2 is 1.83 bits per heavy atom. The molecule has 0 aromatic heterocycles. The number of thiocarbonyl (C=S) groups is 1. The minimum absolute atomic E-state index is 0.247. The summed E-state index contributed by atoms with van der Waals surface area (Å²) >= 11 is 11.4. The van der Waals surface area contributed by atoms with E-state index in [-0.39, 0.29) is 5.91 Å². The van der Waals surface area contributed by atoms with Gasteiger partial charge in [-0.3, -0.25) is 10.1 Å². The molecule has 0 aliphatic carbocycles. The van der Waals surface area contributed by atoms with Gasteiger partial charge >= 0.3 is 0 Å². The average molecular weight is 423 g/mol. The normalized spacial score (nSPS) is 12.4. The summed E-state index contributed by atoms with van der Waals surface area (Å²) in [4.78, 5) is 14.4. The first-order valence-corrected chi connectivity index (χ1v) is 10.1. The highest BCUT2D eigenvalue weighted by Gasteiger charge is 2.24. The molecule has 0 atom stereocenters.